The minimum absolute atomic E-state index is 0.00575. The molecule has 0 heterocycles. The molecule has 0 saturated heterocycles. The molecule has 1 rings (SSSR count). The van der Waals surface area contributed by atoms with Crippen molar-refractivity contribution in [2.45, 2.75) is 24.1 Å². The molecule has 0 saturated carbocycles. The van der Waals surface area contributed by atoms with Crippen molar-refractivity contribution in [1.82, 2.24) is 0 Å². The minimum Gasteiger partial charge on any atom is -0.386 e. The van der Waals surface area contributed by atoms with E-state index in [1.54, 1.807) is 25.1 Å². The molecule has 0 aliphatic heterocycles. The largest absolute Gasteiger partial charge is 0.386 e. The lowest BCUT2D eigenvalue weighted by atomic mass is 10.1. The van der Waals surface area contributed by atoms with Crippen molar-refractivity contribution < 1.29 is 13.5 Å². The van der Waals surface area contributed by atoms with Gasteiger partial charge >= 0.3 is 0 Å². The Kier molecular flexibility index (Phi) is 4.52. The van der Waals surface area contributed by atoms with Gasteiger partial charge in [-0.05, 0) is 12.5 Å². The average molecular weight is 307 g/mol. The molecule has 2 unspecified atom stereocenters. The van der Waals surface area contributed by atoms with Crippen molar-refractivity contribution in [2.24, 2.45) is 0 Å². The van der Waals surface area contributed by atoms with Gasteiger partial charge in [-0.1, -0.05) is 52.7 Å². The van der Waals surface area contributed by atoms with E-state index < -0.39 is 20.1 Å². The van der Waals surface area contributed by atoms with Crippen LogP contribution in [0.25, 0.3) is 0 Å². The summed E-state index contributed by atoms with van der Waals surface area (Å²) in [4.78, 5) is 0. The second-order valence-corrected chi connectivity index (χ2v) is 7.67. The Hall–Kier alpha value is -0.390. The van der Waals surface area contributed by atoms with Gasteiger partial charge in [0.25, 0.3) is 0 Å². The van der Waals surface area contributed by atoms with E-state index in [0.29, 0.717) is 5.56 Å². The standard InChI is InChI=1S/C11H15BrO3S/c1-3-16(14,15)11(12)10(13)9-6-4-5-8(2)7-9/h4-7,10-11,13H,3H2,1-2H3. The van der Waals surface area contributed by atoms with E-state index in [9.17, 15) is 13.5 Å². The summed E-state index contributed by atoms with van der Waals surface area (Å²) >= 11 is 3.05. The number of halogens is 1. The van der Waals surface area contributed by atoms with Crippen molar-refractivity contribution >= 4 is 25.8 Å². The molecule has 0 aliphatic rings. The van der Waals surface area contributed by atoms with Crippen molar-refractivity contribution in [3.63, 3.8) is 0 Å². The zero-order valence-corrected chi connectivity index (χ0v) is 11.6. The van der Waals surface area contributed by atoms with Gasteiger partial charge in [-0.25, -0.2) is 8.42 Å². The highest BCUT2D eigenvalue weighted by atomic mass is 79.9. The van der Waals surface area contributed by atoms with Crippen LogP contribution in [0.2, 0.25) is 0 Å². The zero-order chi connectivity index (χ0) is 12.3. The Labute approximate surface area is 105 Å². The summed E-state index contributed by atoms with van der Waals surface area (Å²) in [6.45, 7) is 3.46. The fourth-order valence-electron chi connectivity index (χ4n) is 1.36. The van der Waals surface area contributed by atoms with E-state index in [1.165, 1.54) is 0 Å². The predicted octanol–water partition coefficient (Wildman–Crippen LogP) is 2.18. The summed E-state index contributed by atoms with van der Waals surface area (Å²) in [6, 6.07) is 7.20. The number of aryl methyl sites for hydroxylation is 1. The Morgan fingerprint density at radius 3 is 2.56 bits per heavy atom. The molecule has 2 atom stereocenters. The molecule has 3 nitrogen and oxygen atoms in total. The molecule has 1 aromatic carbocycles. The number of aliphatic hydroxyl groups excluding tert-OH is 1. The normalized spacial score (nSPS) is 15.8. The third-order valence-corrected chi connectivity index (χ3v) is 6.34. The van der Waals surface area contributed by atoms with Gasteiger partial charge in [-0.3, -0.25) is 0 Å². The molecule has 0 fully saturated rings. The Morgan fingerprint density at radius 2 is 2.06 bits per heavy atom. The summed E-state index contributed by atoms with van der Waals surface area (Å²) in [7, 11) is -3.29. The third kappa shape index (κ3) is 3.06. The molecule has 0 aliphatic carbocycles. The number of hydrogen-bond donors (Lipinski definition) is 1. The lowest BCUT2D eigenvalue weighted by molar-refractivity contribution is 0.195. The van der Waals surface area contributed by atoms with Gasteiger partial charge in [-0.2, -0.15) is 0 Å². The molecule has 0 radical (unpaired) electrons. The van der Waals surface area contributed by atoms with E-state index in [-0.39, 0.29) is 5.75 Å². The quantitative estimate of drug-likeness (QED) is 0.868. The summed E-state index contributed by atoms with van der Waals surface area (Å²) in [5.74, 6) is 0.00575. The van der Waals surface area contributed by atoms with Gasteiger partial charge < -0.3 is 5.11 Å². The van der Waals surface area contributed by atoms with Crippen LogP contribution in [-0.2, 0) is 9.84 Å². The minimum atomic E-state index is -3.29. The Bertz CT molecular complexity index is 456. The van der Waals surface area contributed by atoms with Crippen LogP contribution in [0.15, 0.2) is 24.3 Å². The number of alkyl halides is 1. The molecule has 5 heteroatoms. The number of hydrogen-bond acceptors (Lipinski definition) is 3. The van der Waals surface area contributed by atoms with Crippen LogP contribution in [0.4, 0.5) is 0 Å². The molecular formula is C11H15BrO3S. The molecular weight excluding hydrogens is 292 g/mol. The highest BCUT2D eigenvalue weighted by Crippen LogP contribution is 2.27. The van der Waals surface area contributed by atoms with Crippen molar-refractivity contribution in [3.8, 4) is 0 Å². The number of sulfone groups is 1. The maximum absolute atomic E-state index is 11.6. The SMILES string of the molecule is CCS(=O)(=O)C(Br)C(O)c1cccc(C)c1. The van der Waals surface area contributed by atoms with E-state index in [1.807, 2.05) is 13.0 Å². The third-order valence-electron chi connectivity index (χ3n) is 2.38. The number of aliphatic hydroxyl groups is 1. The average Bonchev–Trinajstić information content (AvgIpc) is 2.27. The first kappa shape index (κ1) is 13.7. The maximum Gasteiger partial charge on any atom is 0.165 e. The fourth-order valence-corrected chi connectivity index (χ4v) is 3.33. The van der Waals surface area contributed by atoms with Gasteiger partial charge in [0.15, 0.2) is 9.84 Å². The van der Waals surface area contributed by atoms with Gasteiger partial charge in [0.1, 0.15) is 10.3 Å². The highest BCUT2D eigenvalue weighted by molar-refractivity contribution is 9.11. The van der Waals surface area contributed by atoms with E-state index in [0.717, 1.165) is 5.56 Å². The number of benzene rings is 1. The second-order valence-electron chi connectivity index (χ2n) is 3.66. The maximum atomic E-state index is 11.6. The lowest BCUT2D eigenvalue weighted by Crippen LogP contribution is -2.24. The second kappa shape index (κ2) is 5.29. The molecule has 16 heavy (non-hydrogen) atoms. The zero-order valence-electron chi connectivity index (χ0n) is 9.22. The van der Waals surface area contributed by atoms with Gasteiger partial charge in [0, 0.05) is 5.75 Å². The van der Waals surface area contributed by atoms with Crippen LogP contribution in [0, 0.1) is 6.92 Å². The van der Waals surface area contributed by atoms with Crippen molar-refractivity contribution in [2.75, 3.05) is 5.75 Å². The van der Waals surface area contributed by atoms with Gasteiger partial charge in [0.2, 0.25) is 0 Å². The number of rotatable bonds is 4. The predicted molar refractivity (Wildman–Crippen MR) is 68.3 cm³/mol. The van der Waals surface area contributed by atoms with E-state index in [2.05, 4.69) is 15.9 Å². The first-order chi connectivity index (χ1) is 7.38. The van der Waals surface area contributed by atoms with Crippen LogP contribution in [0.5, 0.6) is 0 Å². The van der Waals surface area contributed by atoms with E-state index >= 15 is 0 Å². The molecule has 0 aromatic heterocycles. The molecule has 0 spiro atoms. The smallest absolute Gasteiger partial charge is 0.165 e. The summed E-state index contributed by atoms with van der Waals surface area (Å²) in [5, 5.41) is 9.95. The van der Waals surface area contributed by atoms with Crippen LogP contribution < -0.4 is 0 Å². The molecule has 0 amide bonds. The first-order valence-corrected chi connectivity index (χ1v) is 7.62. The topological polar surface area (TPSA) is 54.4 Å². The summed E-state index contributed by atoms with van der Waals surface area (Å²) < 4.78 is 22.2. The highest BCUT2D eigenvalue weighted by Gasteiger charge is 2.29. The molecule has 1 aromatic rings. The molecule has 0 bridgehead atoms. The monoisotopic (exact) mass is 306 g/mol. The lowest BCUT2D eigenvalue weighted by Gasteiger charge is -2.17. The van der Waals surface area contributed by atoms with Crippen LogP contribution >= 0.6 is 15.9 Å². The van der Waals surface area contributed by atoms with Crippen LogP contribution in [-0.4, -0.2) is 23.4 Å². The molecule has 1 N–H and O–H groups in total. The van der Waals surface area contributed by atoms with Crippen LogP contribution in [0.3, 0.4) is 0 Å². The first-order valence-electron chi connectivity index (χ1n) is 4.98. The van der Waals surface area contributed by atoms with Crippen LogP contribution in [0.1, 0.15) is 24.2 Å². The van der Waals surface area contributed by atoms with E-state index in [4.69, 9.17) is 0 Å². The van der Waals surface area contributed by atoms with Crippen molar-refractivity contribution in [1.29, 1.82) is 0 Å². The van der Waals surface area contributed by atoms with Gasteiger partial charge in [0.05, 0.1) is 0 Å². The summed E-state index contributed by atoms with van der Waals surface area (Å²) in [5.41, 5.74) is 1.60. The van der Waals surface area contributed by atoms with Gasteiger partial charge in [-0.15, -0.1) is 0 Å². The Balaban J connectivity index is 2.99. The van der Waals surface area contributed by atoms with Crippen molar-refractivity contribution in [3.05, 3.63) is 35.4 Å². The Morgan fingerprint density at radius 1 is 1.44 bits per heavy atom. The summed E-state index contributed by atoms with van der Waals surface area (Å²) in [6.07, 6.45) is -1.04. The molecule has 90 valence electrons. The fraction of sp³-hybridized carbons (Fsp3) is 0.455.